The van der Waals surface area contributed by atoms with E-state index in [1.807, 2.05) is 0 Å². The van der Waals surface area contributed by atoms with Gasteiger partial charge in [-0.15, -0.1) is 0 Å². The van der Waals surface area contributed by atoms with Crippen molar-refractivity contribution in [1.29, 1.82) is 0 Å². The lowest BCUT2D eigenvalue weighted by atomic mass is 9.42. The number of rotatable bonds is 5. The fourth-order valence-corrected chi connectivity index (χ4v) is 8.51. The number of hydrogen-bond donors (Lipinski definition) is 3. The Morgan fingerprint density at radius 2 is 2.00 bits per heavy atom. The van der Waals surface area contributed by atoms with Crippen molar-refractivity contribution in [2.75, 3.05) is 26.3 Å². The topological polar surface area (TPSA) is 117 Å². The Hall–Kier alpha value is -1.51. The smallest absolute Gasteiger partial charge is 0.302 e. The van der Waals surface area contributed by atoms with E-state index in [1.165, 1.54) is 6.92 Å². The molecule has 5 aliphatic rings. The van der Waals surface area contributed by atoms with Crippen molar-refractivity contribution in [3.63, 3.8) is 0 Å². The third-order valence-corrected chi connectivity index (χ3v) is 10.3. The Morgan fingerprint density at radius 3 is 2.71 bits per heavy atom. The van der Waals surface area contributed by atoms with Crippen LogP contribution in [0.25, 0.3) is 0 Å². The van der Waals surface area contributed by atoms with Crippen molar-refractivity contribution in [3.05, 3.63) is 0 Å². The number of carbonyl (C=O) groups excluding carboxylic acids is 2. The van der Waals surface area contributed by atoms with E-state index in [-0.39, 0.29) is 59.1 Å². The summed E-state index contributed by atoms with van der Waals surface area (Å²) in [6.45, 7) is 5.43. The van der Waals surface area contributed by atoms with Crippen molar-refractivity contribution in [3.8, 4) is 0 Å². The maximum atomic E-state index is 12.8. The molecule has 0 amide bonds. The van der Waals surface area contributed by atoms with Crippen molar-refractivity contribution in [2.45, 2.75) is 77.4 Å². The number of fused-ring (bicyclic) bond motifs is 5. The van der Waals surface area contributed by atoms with Crippen LogP contribution in [0.5, 0.6) is 0 Å². The number of nitrogens with zero attached hydrogens (tertiary/aromatic N) is 1. The number of ketones is 1. The molecular formula is C26H40N2O6. The first-order chi connectivity index (χ1) is 16.3. The van der Waals surface area contributed by atoms with Crippen molar-refractivity contribution in [1.82, 2.24) is 5.32 Å². The standard InChI is InChI=1S/C26H40N2O6/c1-15(30)33-14-26-9-5-16(28-34-17-7-10-27-12-17)11-21(26)18(13-29)24(32)23-19-3-4-22(31)25(19,2)8-6-20(23)26/h17-21,23-24,27,29,32H,3-14H2,1-2H3/b28-16+/t17?,18-,19?,20?,21?,23?,24-,25+,26?/m1/s1. The molecule has 5 fully saturated rings. The number of carbonyl (C=O) groups is 2. The number of nitrogens with one attached hydrogen (secondary N) is 1. The number of hydrogen-bond acceptors (Lipinski definition) is 8. The summed E-state index contributed by atoms with van der Waals surface area (Å²) in [7, 11) is 0. The molecule has 190 valence electrons. The molecule has 0 spiro atoms. The highest BCUT2D eigenvalue weighted by atomic mass is 16.6. The summed E-state index contributed by atoms with van der Waals surface area (Å²) < 4.78 is 5.70. The molecule has 1 aliphatic heterocycles. The van der Waals surface area contributed by atoms with Gasteiger partial charge in [-0.05, 0) is 68.7 Å². The van der Waals surface area contributed by atoms with Gasteiger partial charge in [-0.2, -0.15) is 0 Å². The highest BCUT2D eigenvalue weighted by Crippen LogP contribution is 2.66. The Morgan fingerprint density at radius 1 is 1.18 bits per heavy atom. The minimum absolute atomic E-state index is 0.0487. The zero-order valence-electron chi connectivity index (χ0n) is 20.5. The molecule has 3 N–H and O–H groups in total. The number of aliphatic hydroxyl groups excluding tert-OH is 2. The number of esters is 1. The van der Waals surface area contributed by atoms with Gasteiger partial charge in [-0.3, -0.25) is 9.59 Å². The molecule has 1 heterocycles. The summed E-state index contributed by atoms with van der Waals surface area (Å²) in [5.41, 5.74) is 0.252. The molecule has 8 nitrogen and oxygen atoms in total. The number of oxime groups is 1. The van der Waals surface area contributed by atoms with E-state index in [1.54, 1.807) is 0 Å². The summed E-state index contributed by atoms with van der Waals surface area (Å²) in [5.74, 6) is -0.165. The van der Waals surface area contributed by atoms with Gasteiger partial charge in [0.1, 0.15) is 11.9 Å². The van der Waals surface area contributed by atoms with Crippen LogP contribution in [-0.2, 0) is 19.2 Å². The Bertz CT molecular complexity index is 841. The second-order valence-corrected chi connectivity index (χ2v) is 11.7. The Kier molecular flexibility index (Phi) is 6.53. The van der Waals surface area contributed by atoms with Gasteiger partial charge in [0.05, 0.1) is 18.4 Å². The maximum Gasteiger partial charge on any atom is 0.302 e. The molecule has 0 bridgehead atoms. The fraction of sp³-hybridized carbons (Fsp3) is 0.885. The zero-order chi connectivity index (χ0) is 24.1. The molecule has 4 saturated carbocycles. The predicted octanol–water partition coefficient (Wildman–Crippen LogP) is 2.07. The fourth-order valence-electron chi connectivity index (χ4n) is 8.51. The molecule has 6 unspecified atom stereocenters. The predicted molar refractivity (Wildman–Crippen MR) is 125 cm³/mol. The van der Waals surface area contributed by atoms with E-state index < -0.39 is 6.10 Å². The molecule has 1 saturated heterocycles. The Balaban J connectivity index is 1.48. The number of Topliss-reactive ketones (excluding diaryl/α,β-unsaturated/α-hetero) is 1. The summed E-state index contributed by atoms with van der Waals surface area (Å²) >= 11 is 0. The first kappa shape index (κ1) is 24.2. The van der Waals surface area contributed by atoms with Crippen molar-refractivity contribution >= 4 is 17.5 Å². The SMILES string of the molecule is CC(=O)OCC12CC/C(=N\OC3CCNC3)CC1[C@@H](CO)[C@@H](O)C1C2CC[C@]2(C)C(=O)CCC12. The summed E-state index contributed by atoms with van der Waals surface area (Å²) in [5, 5.41) is 30.0. The van der Waals surface area contributed by atoms with Crippen molar-refractivity contribution in [2.24, 2.45) is 45.6 Å². The van der Waals surface area contributed by atoms with Crippen LogP contribution in [0.4, 0.5) is 0 Å². The van der Waals surface area contributed by atoms with Gasteiger partial charge in [-0.1, -0.05) is 12.1 Å². The van der Waals surface area contributed by atoms with E-state index in [0.29, 0.717) is 25.2 Å². The quantitative estimate of drug-likeness (QED) is 0.411. The number of aliphatic hydroxyl groups is 2. The first-order valence-electron chi connectivity index (χ1n) is 13.2. The average molecular weight is 477 g/mol. The second kappa shape index (κ2) is 9.17. The normalized spacial score (nSPS) is 47.1. The van der Waals surface area contributed by atoms with Gasteiger partial charge in [0.2, 0.25) is 0 Å². The van der Waals surface area contributed by atoms with Crippen molar-refractivity contribution < 1.29 is 29.4 Å². The lowest BCUT2D eigenvalue weighted by molar-refractivity contribution is -0.210. The lowest BCUT2D eigenvalue weighted by Gasteiger charge is -2.63. The molecular weight excluding hydrogens is 436 g/mol. The molecule has 0 radical (unpaired) electrons. The van der Waals surface area contributed by atoms with E-state index in [2.05, 4.69) is 17.4 Å². The van der Waals surface area contributed by atoms with Crippen LogP contribution in [0.15, 0.2) is 5.16 Å². The minimum Gasteiger partial charge on any atom is -0.465 e. The van der Waals surface area contributed by atoms with E-state index >= 15 is 0 Å². The minimum atomic E-state index is -0.680. The summed E-state index contributed by atoms with van der Waals surface area (Å²) in [6, 6.07) is 0. The molecule has 0 aromatic rings. The molecule has 0 aromatic heterocycles. The number of ether oxygens (including phenoxy) is 1. The van der Waals surface area contributed by atoms with Gasteiger partial charge in [0.25, 0.3) is 0 Å². The molecule has 0 aromatic carbocycles. The molecule has 9 atom stereocenters. The van der Waals surface area contributed by atoms with E-state index in [0.717, 1.165) is 57.3 Å². The van der Waals surface area contributed by atoms with Gasteiger partial charge < -0.3 is 25.1 Å². The first-order valence-corrected chi connectivity index (χ1v) is 13.2. The molecule has 34 heavy (non-hydrogen) atoms. The van der Waals surface area contributed by atoms with E-state index in [4.69, 9.17) is 9.57 Å². The summed E-state index contributed by atoms with van der Waals surface area (Å²) in [6.07, 6.45) is 5.57. The third kappa shape index (κ3) is 3.80. The highest BCUT2D eigenvalue weighted by Gasteiger charge is 2.66. The van der Waals surface area contributed by atoms with Crippen LogP contribution in [0.3, 0.4) is 0 Å². The second-order valence-electron chi connectivity index (χ2n) is 11.7. The van der Waals surface area contributed by atoms with Crippen LogP contribution >= 0.6 is 0 Å². The molecule has 8 heteroatoms. The van der Waals surface area contributed by atoms with Crippen LogP contribution in [-0.4, -0.2) is 66.2 Å². The van der Waals surface area contributed by atoms with Gasteiger partial charge in [-0.25, -0.2) is 0 Å². The molecule has 5 rings (SSSR count). The van der Waals surface area contributed by atoms with Crippen LogP contribution < -0.4 is 5.32 Å². The largest absolute Gasteiger partial charge is 0.465 e. The molecule has 4 aliphatic carbocycles. The van der Waals surface area contributed by atoms with Gasteiger partial charge in [0.15, 0.2) is 0 Å². The maximum absolute atomic E-state index is 12.8. The lowest BCUT2D eigenvalue weighted by Crippen LogP contribution is -2.64. The van der Waals surface area contributed by atoms with Crippen LogP contribution in [0, 0.1) is 40.4 Å². The Labute approximate surface area is 201 Å². The highest BCUT2D eigenvalue weighted by molar-refractivity contribution is 5.87. The van der Waals surface area contributed by atoms with Gasteiger partial charge >= 0.3 is 5.97 Å². The van der Waals surface area contributed by atoms with E-state index in [9.17, 15) is 19.8 Å². The van der Waals surface area contributed by atoms with Crippen LogP contribution in [0.2, 0.25) is 0 Å². The monoisotopic (exact) mass is 476 g/mol. The third-order valence-electron chi connectivity index (χ3n) is 10.3. The van der Waals surface area contributed by atoms with Crippen LogP contribution in [0.1, 0.15) is 65.2 Å². The zero-order valence-corrected chi connectivity index (χ0v) is 20.5. The summed E-state index contributed by atoms with van der Waals surface area (Å²) in [4.78, 5) is 30.6. The average Bonchev–Trinajstić information content (AvgIpc) is 3.44. The van der Waals surface area contributed by atoms with Gasteiger partial charge in [0, 0.05) is 49.7 Å².